The van der Waals surface area contributed by atoms with Gasteiger partial charge in [-0.05, 0) is 23.8 Å². The third-order valence-corrected chi connectivity index (χ3v) is 3.38. The van der Waals surface area contributed by atoms with Gasteiger partial charge in [0.2, 0.25) is 0 Å². The normalized spacial score (nSPS) is 12.1. The molecule has 0 aliphatic carbocycles. The molecule has 0 saturated carbocycles. The molecule has 0 radical (unpaired) electrons. The molecule has 0 heterocycles. The second-order valence-corrected chi connectivity index (χ2v) is 5.21. The van der Waals surface area contributed by atoms with Gasteiger partial charge >= 0.3 is 5.97 Å². The maximum atomic E-state index is 13.6. The topological polar surface area (TPSA) is 49.3 Å². The van der Waals surface area contributed by atoms with E-state index in [0.29, 0.717) is 11.1 Å². The van der Waals surface area contributed by atoms with Crippen molar-refractivity contribution in [1.82, 2.24) is 5.32 Å². The predicted octanol–water partition coefficient (Wildman–Crippen LogP) is 3.50. The van der Waals surface area contributed by atoms with Gasteiger partial charge in [-0.15, -0.1) is 0 Å². The fraction of sp³-hybridized carbons (Fsp3) is 0.133. The van der Waals surface area contributed by atoms with E-state index in [1.807, 2.05) is 6.07 Å². The predicted molar refractivity (Wildman–Crippen MR) is 77.8 cm³/mol. The van der Waals surface area contributed by atoms with Crippen molar-refractivity contribution in [1.29, 1.82) is 0 Å². The van der Waals surface area contributed by atoms with Crippen LogP contribution in [0.1, 0.15) is 17.2 Å². The van der Waals surface area contributed by atoms with Gasteiger partial charge in [0.05, 0.1) is 0 Å². The Morgan fingerprint density at radius 1 is 1.25 bits per heavy atom. The van der Waals surface area contributed by atoms with Crippen LogP contribution in [-0.2, 0) is 11.3 Å². The summed E-state index contributed by atoms with van der Waals surface area (Å²) in [6, 6.07) is 12.5. The first-order chi connectivity index (χ1) is 9.58. The van der Waals surface area contributed by atoms with Gasteiger partial charge in [-0.2, -0.15) is 0 Å². The number of nitrogens with one attached hydrogen (secondary N) is 1. The molecule has 1 unspecified atom stereocenters. The second-order valence-electron chi connectivity index (χ2n) is 4.30. The smallest absolute Gasteiger partial charge is 0.325 e. The van der Waals surface area contributed by atoms with Gasteiger partial charge in [0.1, 0.15) is 11.9 Å². The fourth-order valence-corrected chi connectivity index (χ4v) is 2.29. The zero-order chi connectivity index (χ0) is 14.5. The SMILES string of the molecule is O=C(O)C(NCc1cc(Br)ccc1F)c1ccccc1. The van der Waals surface area contributed by atoms with Crippen LogP contribution < -0.4 is 5.32 Å². The molecule has 0 aliphatic rings. The highest BCUT2D eigenvalue weighted by Gasteiger charge is 2.19. The monoisotopic (exact) mass is 337 g/mol. The molecule has 0 spiro atoms. The van der Waals surface area contributed by atoms with E-state index in [9.17, 15) is 14.3 Å². The average Bonchev–Trinajstić information content (AvgIpc) is 2.43. The van der Waals surface area contributed by atoms with Crippen LogP contribution in [-0.4, -0.2) is 11.1 Å². The molecule has 0 amide bonds. The van der Waals surface area contributed by atoms with Crippen LogP contribution in [0.15, 0.2) is 53.0 Å². The maximum absolute atomic E-state index is 13.6. The summed E-state index contributed by atoms with van der Waals surface area (Å²) in [6.45, 7) is 0.136. The van der Waals surface area contributed by atoms with Crippen molar-refractivity contribution >= 4 is 21.9 Å². The Morgan fingerprint density at radius 2 is 1.95 bits per heavy atom. The number of hydrogen-bond acceptors (Lipinski definition) is 2. The Bertz CT molecular complexity index is 604. The van der Waals surface area contributed by atoms with Crippen LogP contribution in [0.3, 0.4) is 0 Å². The summed E-state index contributed by atoms with van der Waals surface area (Å²) in [5, 5.41) is 12.1. The van der Waals surface area contributed by atoms with Crippen molar-refractivity contribution < 1.29 is 14.3 Å². The summed E-state index contributed by atoms with van der Waals surface area (Å²) < 4.78 is 14.4. The molecule has 1 atom stereocenters. The average molecular weight is 338 g/mol. The quantitative estimate of drug-likeness (QED) is 0.877. The van der Waals surface area contributed by atoms with Crippen LogP contribution in [0.5, 0.6) is 0 Å². The minimum Gasteiger partial charge on any atom is -0.480 e. The summed E-state index contributed by atoms with van der Waals surface area (Å²) in [5.74, 6) is -1.36. The number of halogens is 2. The summed E-state index contributed by atoms with van der Waals surface area (Å²) in [7, 11) is 0. The highest BCUT2D eigenvalue weighted by atomic mass is 79.9. The van der Waals surface area contributed by atoms with E-state index in [1.165, 1.54) is 6.07 Å². The van der Waals surface area contributed by atoms with Crippen LogP contribution in [0.2, 0.25) is 0 Å². The van der Waals surface area contributed by atoms with E-state index in [0.717, 1.165) is 4.47 Å². The van der Waals surface area contributed by atoms with Gasteiger partial charge in [0.15, 0.2) is 0 Å². The van der Waals surface area contributed by atoms with Crippen molar-refractivity contribution in [3.63, 3.8) is 0 Å². The number of carboxylic acid groups (broad SMARTS) is 1. The summed E-state index contributed by atoms with van der Waals surface area (Å²) in [5.41, 5.74) is 1.05. The molecule has 3 nitrogen and oxygen atoms in total. The summed E-state index contributed by atoms with van der Waals surface area (Å²) >= 11 is 3.27. The number of rotatable bonds is 5. The number of aliphatic carboxylic acids is 1. The first-order valence-corrected chi connectivity index (χ1v) is 6.82. The first-order valence-electron chi connectivity index (χ1n) is 6.03. The van der Waals surface area contributed by atoms with Crippen LogP contribution in [0.25, 0.3) is 0 Å². The standard InChI is InChI=1S/C15H13BrFNO2/c16-12-6-7-13(17)11(8-12)9-18-14(15(19)20)10-4-2-1-3-5-10/h1-8,14,18H,9H2,(H,19,20). The molecular formula is C15H13BrFNO2. The zero-order valence-electron chi connectivity index (χ0n) is 10.5. The lowest BCUT2D eigenvalue weighted by Gasteiger charge is -2.15. The summed E-state index contributed by atoms with van der Waals surface area (Å²) in [6.07, 6.45) is 0. The molecule has 0 fully saturated rings. The molecule has 0 saturated heterocycles. The molecule has 2 aromatic rings. The molecule has 5 heteroatoms. The van der Waals surface area contributed by atoms with E-state index >= 15 is 0 Å². The van der Waals surface area contributed by atoms with Crippen LogP contribution >= 0.6 is 15.9 Å². The zero-order valence-corrected chi connectivity index (χ0v) is 12.1. The fourth-order valence-electron chi connectivity index (χ4n) is 1.88. The molecule has 0 bridgehead atoms. The van der Waals surface area contributed by atoms with Crippen LogP contribution in [0, 0.1) is 5.82 Å². The van der Waals surface area contributed by atoms with Crippen molar-refractivity contribution in [3.8, 4) is 0 Å². The molecule has 0 aliphatic heterocycles. The molecule has 104 valence electrons. The molecule has 2 N–H and O–H groups in total. The molecule has 20 heavy (non-hydrogen) atoms. The van der Waals surface area contributed by atoms with Gasteiger partial charge < -0.3 is 5.11 Å². The number of carbonyl (C=O) groups is 1. The second kappa shape index (κ2) is 6.63. The highest BCUT2D eigenvalue weighted by molar-refractivity contribution is 9.10. The number of hydrogen-bond donors (Lipinski definition) is 2. The van der Waals surface area contributed by atoms with E-state index in [-0.39, 0.29) is 12.4 Å². The van der Waals surface area contributed by atoms with Crippen molar-refractivity contribution in [3.05, 3.63) is 69.9 Å². The minimum absolute atomic E-state index is 0.136. The number of carboxylic acids is 1. The minimum atomic E-state index is -0.994. The van der Waals surface area contributed by atoms with Gasteiger partial charge in [-0.3, -0.25) is 10.1 Å². The van der Waals surface area contributed by atoms with Crippen molar-refractivity contribution in [2.75, 3.05) is 0 Å². The molecule has 2 rings (SSSR count). The number of benzene rings is 2. The van der Waals surface area contributed by atoms with Gasteiger partial charge in [-0.1, -0.05) is 46.3 Å². The van der Waals surface area contributed by atoms with Crippen molar-refractivity contribution in [2.24, 2.45) is 0 Å². The van der Waals surface area contributed by atoms with Crippen molar-refractivity contribution in [2.45, 2.75) is 12.6 Å². The Labute approximate surface area is 124 Å². The summed E-state index contributed by atoms with van der Waals surface area (Å²) in [4.78, 5) is 11.3. The largest absolute Gasteiger partial charge is 0.480 e. The van der Waals surface area contributed by atoms with Gasteiger partial charge in [-0.25, -0.2) is 4.39 Å². The molecule has 2 aromatic carbocycles. The maximum Gasteiger partial charge on any atom is 0.325 e. The van der Waals surface area contributed by atoms with Gasteiger partial charge in [0, 0.05) is 16.6 Å². The van der Waals surface area contributed by atoms with Crippen LogP contribution in [0.4, 0.5) is 4.39 Å². The Hall–Kier alpha value is -1.72. The molecule has 0 aromatic heterocycles. The Balaban J connectivity index is 2.14. The lowest BCUT2D eigenvalue weighted by atomic mass is 10.1. The Morgan fingerprint density at radius 3 is 2.60 bits per heavy atom. The lowest BCUT2D eigenvalue weighted by Crippen LogP contribution is -2.28. The lowest BCUT2D eigenvalue weighted by molar-refractivity contribution is -0.139. The first kappa shape index (κ1) is 14.7. The molecular weight excluding hydrogens is 325 g/mol. The van der Waals surface area contributed by atoms with E-state index in [2.05, 4.69) is 21.2 Å². The van der Waals surface area contributed by atoms with E-state index < -0.39 is 12.0 Å². The van der Waals surface area contributed by atoms with E-state index in [1.54, 1.807) is 36.4 Å². The van der Waals surface area contributed by atoms with Gasteiger partial charge in [0.25, 0.3) is 0 Å². The highest BCUT2D eigenvalue weighted by Crippen LogP contribution is 2.18. The third kappa shape index (κ3) is 3.65. The Kier molecular flexibility index (Phi) is 4.87. The third-order valence-electron chi connectivity index (χ3n) is 2.88. The van der Waals surface area contributed by atoms with E-state index in [4.69, 9.17) is 0 Å².